The average molecular weight is 1010 g/mol. The maximum Gasteiger partial charge on any atom is 2.00 e. The third kappa shape index (κ3) is 5.62. The number of para-hydroxylation sites is 2. The number of benzene rings is 8. The summed E-state index contributed by atoms with van der Waals surface area (Å²) in [6, 6.07) is 74.1. The molecule has 0 unspecified atom stereocenters. The van der Waals surface area contributed by atoms with Crippen molar-refractivity contribution in [3.8, 4) is 39.8 Å². The van der Waals surface area contributed by atoms with Crippen LogP contribution in [0.5, 0.6) is 11.5 Å². The van der Waals surface area contributed by atoms with E-state index in [0.717, 1.165) is 83.0 Å². The molecule has 0 radical (unpaired) electrons. The number of fused-ring (bicyclic) bond motifs is 11. The summed E-state index contributed by atoms with van der Waals surface area (Å²) in [5.41, 5.74) is 14.6. The molecule has 0 fully saturated rings. The number of ether oxygens (including phenoxy) is 1. The van der Waals surface area contributed by atoms with E-state index in [-0.39, 0.29) is 21.1 Å². The second kappa shape index (κ2) is 15.0. The predicted molar refractivity (Wildman–Crippen MR) is 259 cm³/mol. The smallest absolute Gasteiger partial charge is 0.503 e. The standard InChI is InChI=1S/C59H38N4O.Pt/c1-37-17-9-11-23-43(37)54-56(44-24-12-10-18-38(44)2)62-52-29-14-13-25-46(52)45-32-30-41(35-49(45)57(62)61-54)64-42-31-33-47-48-26-15-27-50-55(48)63(53(47)36-42)58-51(28-16-34-60-58)59(50,39-19-5-3-6-20-39)40-21-7-4-8-22-40;/h3-34H,1-2H3;/q-2;+2. The van der Waals surface area contributed by atoms with Gasteiger partial charge in [0.25, 0.3) is 0 Å². The Hall–Kier alpha value is -7.59. The van der Waals surface area contributed by atoms with Crippen LogP contribution >= 0.6 is 0 Å². The number of aromatic nitrogens is 4. The van der Waals surface area contributed by atoms with Gasteiger partial charge in [0.2, 0.25) is 0 Å². The maximum absolute atomic E-state index is 6.83. The zero-order chi connectivity index (χ0) is 42.5. The fourth-order valence-corrected chi connectivity index (χ4v) is 10.6. The first kappa shape index (κ1) is 39.0. The zero-order valence-electron chi connectivity index (χ0n) is 35.5. The normalized spacial score (nSPS) is 12.8. The molecule has 1 aliphatic heterocycles. The van der Waals surface area contributed by atoms with Gasteiger partial charge in [-0.1, -0.05) is 174 Å². The second-order valence-electron chi connectivity index (χ2n) is 16.8. The molecule has 4 aromatic heterocycles. The van der Waals surface area contributed by atoms with Gasteiger partial charge >= 0.3 is 21.1 Å². The monoisotopic (exact) mass is 1010 g/mol. The van der Waals surface area contributed by atoms with Gasteiger partial charge in [0, 0.05) is 45.4 Å². The Morgan fingerprint density at radius 1 is 0.523 bits per heavy atom. The van der Waals surface area contributed by atoms with Crippen LogP contribution in [0.3, 0.4) is 0 Å². The number of rotatable bonds is 6. The molecular formula is C59H38N4OPt. The predicted octanol–water partition coefficient (Wildman–Crippen LogP) is 14.2. The van der Waals surface area contributed by atoms with Crippen molar-refractivity contribution >= 4 is 49.1 Å². The fraction of sp³-hybridized carbons (Fsp3) is 0.0508. The van der Waals surface area contributed by atoms with Crippen LogP contribution in [0.4, 0.5) is 0 Å². The minimum absolute atomic E-state index is 0. The van der Waals surface area contributed by atoms with Crippen LogP contribution < -0.4 is 4.74 Å². The molecule has 0 atom stereocenters. The van der Waals surface area contributed by atoms with Gasteiger partial charge in [0.05, 0.1) is 22.5 Å². The molecule has 0 bridgehead atoms. The molecule has 5 nitrogen and oxygen atoms in total. The summed E-state index contributed by atoms with van der Waals surface area (Å²) in [5.74, 6) is 2.05. The van der Waals surface area contributed by atoms with Gasteiger partial charge in [-0.05, 0) is 64.6 Å². The van der Waals surface area contributed by atoms with Crippen molar-refractivity contribution in [1.29, 1.82) is 0 Å². The Kier molecular flexibility index (Phi) is 9.01. The van der Waals surface area contributed by atoms with Gasteiger partial charge in [-0.15, -0.1) is 29.7 Å². The Balaban J connectivity index is 0.00000444. The third-order valence-electron chi connectivity index (χ3n) is 13.4. The summed E-state index contributed by atoms with van der Waals surface area (Å²) < 4.78 is 11.4. The molecule has 0 aliphatic carbocycles. The van der Waals surface area contributed by atoms with Crippen LogP contribution in [0.25, 0.3) is 77.5 Å². The van der Waals surface area contributed by atoms with Crippen molar-refractivity contribution in [3.05, 3.63) is 240 Å². The maximum atomic E-state index is 6.83. The fourth-order valence-electron chi connectivity index (χ4n) is 10.6. The van der Waals surface area contributed by atoms with Crippen molar-refractivity contribution < 1.29 is 25.8 Å². The van der Waals surface area contributed by atoms with Crippen molar-refractivity contribution in [1.82, 2.24) is 18.9 Å². The van der Waals surface area contributed by atoms with E-state index < -0.39 is 5.41 Å². The first-order valence-corrected chi connectivity index (χ1v) is 21.8. The molecule has 0 saturated heterocycles. The number of hydrogen-bond donors (Lipinski definition) is 0. The van der Waals surface area contributed by atoms with E-state index >= 15 is 0 Å². The Bertz CT molecular complexity index is 3810. The van der Waals surface area contributed by atoms with Gasteiger partial charge in [0.1, 0.15) is 5.82 Å². The van der Waals surface area contributed by atoms with E-state index in [2.05, 4.69) is 211 Å². The van der Waals surface area contributed by atoms with Crippen molar-refractivity contribution in [2.45, 2.75) is 19.3 Å². The van der Waals surface area contributed by atoms with E-state index in [1.807, 2.05) is 18.3 Å². The molecule has 13 rings (SSSR count). The number of aryl methyl sites for hydroxylation is 2. The van der Waals surface area contributed by atoms with Crippen LogP contribution in [0.2, 0.25) is 0 Å². The quantitative estimate of drug-likeness (QED) is 0.123. The summed E-state index contributed by atoms with van der Waals surface area (Å²) in [5, 5.41) is 5.29. The zero-order valence-corrected chi connectivity index (χ0v) is 37.8. The Morgan fingerprint density at radius 2 is 1.14 bits per heavy atom. The molecule has 0 spiro atoms. The van der Waals surface area contributed by atoms with Crippen LogP contribution in [-0.4, -0.2) is 18.9 Å². The van der Waals surface area contributed by atoms with Gasteiger partial charge in [0.15, 0.2) is 0 Å². The van der Waals surface area contributed by atoms with Crippen LogP contribution in [0.1, 0.15) is 33.4 Å². The molecule has 65 heavy (non-hydrogen) atoms. The minimum atomic E-state index is -0.601. The molecule has 6 heteroatoms. The van der Waals surface area contributed by atoms with Crippen molar-refractivity contribution in [3.63, 3.8) is 0 Å². The Labute approximate surface area is 390 Å². The first-order valence-electron chi connectivity index (χ1n) is 21.8. The molecule has 12 aromatic rings. The van der Waals surface area contributed by atoms with Gasteiger partial charge in [-0.2, -0.15) is 6.07 Å². The molecule has 0 amide bonds. The molecule has 8 aromatic carbocycles. The summed E-state index contributed by atoms with van der Waals surface area (Å²) in [6.45, 7) is 4.33. The van der Waals surface area contributed by atoms with Gasteiger partial charge in [-0.3, -0.25) is 4.98 Å². The first-order chi connectivity index (χ1) is 31.6. The molecule has 1 aliphatic rings. The number of imidazole rings is 1. The molecule has 310 valence electrons. The van der Waals surface area contributed by atoms with E-state index in [1.54, 1.807) is 0 Å². The number of pyridine rings is 2. The Morgan fingerprint density at radius 3 is 1.88 bits per heavy atom. The van der Waals surface area contributed by atoms with Crippen LogP contribution in [0, 0.1) is 26.0 Å². The topological polar surface area (TPSA) is 44.3 Å². The summed E-state index contributed by atoms with van der Waals surface area (Å²) in [7, 11) is 0. The second-order valence-corrected chi connectivity index (χ2v) is 16.8. The number of hydrogen-bond acceptors (Lipinski definition) is 3. The molecular weight excluding hydrogens is 976 g/mol. The summed E-state index contributed by atoms with van der Waals surface area (Å²) >= 11 is 0. The third-order valence-corrected chi connectivity index (χ3v) is 13.4. The molecule has 5 heterocycles. The van der Waals surface area contributed by atoms with E-state index in [9.17, 15) is 0 Å². The SMILES string of the molecule is Cc1ccccc1-c1nc2c3[c-]c(Oc4[c-]c5c(cc4)c4cccc6c4n5-c4ncccc4C6(c4ccccc4)c4ccccc4)ccc3c3ccccc3n2c1-c1ccccc1C.[Pt+2]. The largest absolute Gasteiger partial charge is 2.00 e. The minimum Gasteiger partial charge on any atom is -0.503 e. The van der Waals surface area contributed by atoms with E-state index in [1.165, 1.54) is 27.8 Å². The van der Waals surface area contributed by atoms with Crippen LogP contribution in [-0.2, 0) is 26.5 Å². The van der Waals surface area contributed by atoms with E-state index in [4.69, 9.17) is 14.7 Å². The number of nitrogens with zero attached hydrogens (tertiary/aromatic N) is 4. The average Bonchev–Trinajstić information content (AvgIpc) is 3.90. The van der Waals surface area contributed by atoms with Crippen molar-refractivity contribution in [2.24, 2.45) is 0 Å². The van der Waals surface area contributed by atoms with Crippen molar-refractivity contribution in [2.75, 3.05) is 0 Å². The van der Waals surface area contributed by atoms with Crippen LogP contribution in [0.15, 0.2) is 194 Å². The molecule has 0 N–H and O–H groups in total. The van der Waals surface area contributed by atoms with Gasteiger partial charge < -0.3 is 13.7 Å². The molecule has 0 saturated carbocycles. The van der Waals surface area contributed by atoms with E-state index in [0.29, 0.717) is 11.5 Å². The summed E-state index contributed by atoms with van der Waals surface area (Å²) in [6.07, 6.45) is 1.89. The van der Waals surface area contributed by atoms with Gasteiger partial charge in [-0.25, -0.2) is 4.98 Å². The summed E-state index contributed by atoms with van der Waals surface area (Å²) in [4.78, 5) is 10.7.